The summed E-state index contributed by atoms with van der Waals surface area (Å²) in [6.45, 7) is 10.9. The van der Waals surface area contributed by atoms with Crippen LogP contribution < -0.4 is 0 Å². The molecule has 0 amide bonds. The highest BCUT2D eigenvalue weighted by Crippen LogP contribution is 2.43. The number of ether oxygens (including phenoxy) is 1. The Bertz CT molecular complexity index is 630. The first kappa shape index (κ1) is 20.4. The molecule has 0 unspecified atom stereocenters. The third-order valence-corrected chi connectivity index (χ3v) is 6.06. The van der Waals surface area contributed by atoms with Crippen LogP contribution in [0, 0.1) is 18.3 Å². The fourth-order valence-corrected chi connectivity index (χ4v) is 4.67. The highest BCUT2D eigenvalue weighted by molar-refractivity contribution is 5.78. The summed E-state index contributed by atoms with van der Waals surface area (Å²) < 4.78 is 11.3. The van der Waals surface area contributed by atoms with Gasteiger partial charge in [-0.25, -0.2) is 0 Å². The van der Waals surface area contributed by atoms with Gasteiger partial charge in [0, 0.05) is 38.6 Å². The quantitative estimate of drug-likeness (QED) is 0.679. The summed E-state index contributed by atoms with van der Waals surface area (Å²) in [5, 5.41) is 0. The Balaban J connectivity index is 1.73. The van der Waals surface area contributed by atoms with Gasteiger partial charge in [0.15, 0.2) is 0 Å². The number of aryl methyl sites for hydroxylation is 1. The van der Waals surface area contributed by atoms with Crippen molar-refractivity contribution in [1.82, 2.24) is 14.7 Å². The lowest BCUT2D eigenvalue weighted by Crippen LogP contribution is -2.42. The van der Waals surface area contributed by atoms with E-state index in [1.807, 2.05) is 19.9 Å². The van der Waals surface area contributed by atoms with Gasteiger partial charge in [0.05, 0.1) is 18.6 Å². The lowest BCUT2D eigenvalue weighted by atomic mass is 9.75. The highest BCUT2D eigenvalue weighted by atomic mass is 16.5. The third kappa shape index (κ3) is 4.73. The number of hydrogen-bond acceptors (Lipinski definition) is 6. The van der Waals surface area contributed by atoms with E-state index in [1.54, 1.807) is 0 Å². The summed E-state index contributed by atoms with van der Waals surface area (Å²) >= 11 is 0. The predicted octanol–water partition coefficient (Wildman–Crippen LogP) is 2.23. The number of likely N-dealkylation sites (tertiary alicyclic amines) is 2. The van der Waals surface area contributed by atoms with E-state index in [1.165, 1.54) is 0 Å². The SMILES string of the molecule is CCOC(=O)[C@]12CCCN(Cc3ccc(C)o3)C[C@H]1CN(CCN(C)C)C2. The Labute approximate surface area is 163 Å². The first-order valence-corrected chi connectivity index (χ1v) is 10.2. The Morgan fingerprint density at radius 2 is 2.11 bits per heavy atom. The van der Waals surface area contributed by atoms with Crippen LogP contribution in [0.25, 0.3) is 0 Å². The molecule has 0 bridgehead atoms. The van der Waals surface area contributed by atoms with Gasteiger partial charge in [0.1, 0.15) is 11.5 Å². The third-order valence-electron chi connectivity index (χ3n) is 6.06. The molecule has 6 heteroatoms. The second-order valence-corrected chi connectivity index (χ2v) is 8.46. The zero-order chi connectivity index (χ0) is 19.4. The maximum atomic E-state index is 13.0. The van der Waals surface area contributed by atoms with Gasteiger partial charge in [0.25, 0.3) is 0 Å². The molecule has 2 aliphatic rings. The summed E-state index contributed by atoms with van der Waals surface area (Å²) in [4.78, 5) is 20.1. The van der Waals surface area contributed by atoms with Crippen molar-refractivity contribution in [2.75, 3.05) is 60.0 Å². The molecule has 1 aromatic heterocycles. The lowest BCUT2D eigenvalue weighted by Gasteiger charge is -2.31. The molecule has 6 nitrogen and oxygen atoms in total. The number of carbonyl (C=O) groups excluding carboxylic acids is 1. The van der Waals surface area contributed by atoms with Gasteiger partial charge in [-0.2, -0.15) is 0 Å². The molecule has 1 aromatic rings. The highest BCUT2D eigenvalue weighted by Gasteiger charge is 2.53. The zero-order valence-corrected chi connectivity index (χ0v) is 17.4. The molecule has 0 radical (unpaired) electrons. The van der Waals surface area contributed by atoms with Crippen molar-refractivity contribution in [2.24, 2.45) is 11.3 Å². The number of furan rings is 1. The summed E-state index contributed by atoms with van der Waals surface area (Å²) in [6.07, 6.45) is 1.94. The van der Waals surface area contributed by atoms with E-state index in [2.05, 4.69) is 34.9 Å². The molecule has 2 fully saturated rings. The fraction of sp³-hybridized carbons (Fsp3) is 0.762. The predicted molar refractivity (Wildman–Crippen MR) is 106 cm³/mol. The van der Waals surface area contributed by atoms with Crippen LogP contribution >= 0.6 is 0 Å². The summed E-state index contributed by atoms with van der Waals surface area (Å²) in [6, 6.07) is 4.09. The van der Waals surface area contributed by atoms with Crippen LogP contribution in [0.3, 0.4) is 0 Å². The van der Waals surface area contributed by atoms with Gasteiger partial charge in [-0.3, -0.25) is 9.69 Å². The average Bonchev–Trinajstić information content (AvgIpc) is 3.13. The van der Waals surface area contributed by atoms with Crippen LogP contribution in [-0.2, 0) is 16.1 Å². The van der Waals surface area contributed by atoms with Crippen LogP contribution in [0.1, 0.15) is 31.3 Å². The zero-order valence-electron chi connectivity index (χ0n) is 17.4. The molecule has 2 atom stereocenters. The number of nitrogens with zero attached hydrogens (tertiary/aromatic N) is 3. The second kappa shape index (κ2) is 8.76. The molecule has 0 aliphatic carbocycles. The average molecular weight is 378 g/mol. The molecule has 2 aliphatic heterocycles. The van der Waals surface area contributed by atoms with Crippen molar-refractivity contribution in [1.29, 1.82) is 0 Å². The van der Waals surface area contributed by atoms with Crippen molar-refractivity contribution in [2.45, 2.75) is 33.2 Å². The Kier molecular flexibility index (Phi) is 6.61. The molecule has 0 spiro atoms. The molecule has 27 heavy (non-hydrogen) atoms. The van der Waals surface area contributed by atoms with Crippen LogP contribution in [0.15, 0.2) is 16.5 Å². The molecule has 0 aromatic carbocycles. The normalized spacial score (nSPS) is 26.9. The van der Waals surface area contributed by atoms with Crippen LogP contribution in [0.5, 0.6) is 0 Å². The summed E-state index contributed by atoms with van der Waals surface area (Å²) in [5.74, 6) is 2.30. The monoisotopic (exact) mass is 377 g/mol. The van der Waals surface area contributed by atoms with Crippen LogP contribution in [-0.4, -0.2) is 80.6 Å². The molecule has 152 valence electrons. The van der Waals surface area contributed by atoms with Crippen LogP contribution in [0.4, 0.5) is 0 Å². The molecular formula is C21H35N3O3. The van der Waals surface area contributed by atoms with Gasteiger partial charge >= 0.3 is 5.97 Å². The molecular weight excluding hydrogens is 342 g/mol. The molecule has 0 N–H and O–H groups in total. The van der Waals surface area contributed by atoms with Crippen molar-refractivity contribution < 1.29 is 13.9 Å². The van der Waals surface area contributed by atoms with Crippen molar-refractivity contribution in [3.63, 3.8) is 0 Å². The second-order valence-electron chi connectivity index (χ2n) is 8.46. The maximum Gasteiger partial charge on any atom is 0.313 e. The number of esters is 1. The van der Waals surface area contributed by atoms with Crippen LogP contribution in [0.2, 0.25) is 0 Å². The standard InChI is InChI=1S/C21H35N3O3/c1-5-26-20(25)21-9-6-10-23(15-19-8-7-17(2)27-19)13-18(21)14-24(16-21)12-11-22(3)4/h7-8,18H,5-6,9-16H2,1-4H3/t18-,21-/m0/s1. The van der Waals surface area contributed by atoms with Crippen molar-refractivity contribution >= 4 is 5.97 Å². The van der Waals surface area contributed by atoms with E-state index in [0.717, 1.165) is 70.2 Å². The summed E-state index contributed by atoms with van der Waals surface area (Å²) in [7, 11) is 4.20. The maximum absolute atomic E-state index is 13.0. The minimum Gasteiger partial charge on any atom is -0.466 e. The number of carbonyl (C=O) groups is 1. The van der Waals surface area contributed by atoms with E-state index in [0.29, 0.717) is 12.5 Å². The lowest BCUT2D eigenvalue weighted by molar-refractivity contribution is -0.157. The number of hydrogen-bond donors (Lipinski definition) is 0. The fourth-order valence-electron chi connectivity index (χ4n) is 4.67. The number of likely N-dealkylation sites (N-methyl/N-ethyl adjacent to an activating group) is 1. The topological polar surface area (TPSA) is 49.2 Å². The Hall–Kier alpha value is -1.37. The number of fused-ring (bicyclic) bond motifs is 1. The minimum absolute atomic E-state index is 0.0121. The number of rotatable bonds is 7. The van der Waals surface area contributed by atoms with E-state index in [9.17, 15) is 4.79 Å². The molecule has 2 saturated heterocycles. The first-order valence-electron chi connectivity index (χ1n) is 10.2. The van der Waals surface area contributed by atoms with Crippen molar-refractivity contribution in [3.05, 3.63) is 23.7 Å². The van der Waals surface area contributed by atoms with E-state index in [-0.39, 0.29) is 11.4 Å². The van der Waals surface area contributed by atoms with E-state index in [4.69, 9.17) is 9.15 Å². The summed E-state index contributed by atoms with van der Waals surface area (Å²) in [5.41, 5.74) is -0.351. The molecule has 3 rings (SSSR count). The van der Waals surface area contributed by atoms with Gasteiger partial charge in [-0.15, -0.1) is 0 Å². The smallest absolute Gasteiger partial charge is 0.313 e. The van der Waals surface area contributed by atoms with Gasteiger partial charge in [-0.1, -0.05) is 0 Å². The van der Waals surface area contributed by atoms with E-state index < -0.39 is 0 Å². The van der Waals surface area contributed by atoms with Gasteiger partial charge < -0.3 is 19.0 Å². The largest absolute Gasteiger partial charge is 0.466 e. The molecule has 0 saturated carbocycles. The van der Waals surface area contributed by atoms with Gasteiger partial charge in [-0.05, 0) is 59.5 Å². The first-order chi connectivity index (χ1) is 12.9. The Morgan fingerprint density at radius 1 is 1.33 bits per heavy atom. The van der Waals surface area contributed by atoms with E-state index >= 15 is 0 Å². The van der Waals surface area contributed by atoms with Gasteiger partial charge in [0.2, 0.25) is 0 Å². The minimum atomic E-state index is -0.351. The molecule has 3 heterocycles. The van der Waals surface area contributed by atoms with Crippen molar-refractivity contribution in [3.8, 4) is 0 Å². The Morgan fingerprint density at radius 3 is 2.78 bits per heavy atom.